The van der Waals surface area contributed by atoms with E-state index in [4.69, 9.17) is 4.74 Å². The molecule has 0 heterocycles. The highest BCUT2D eigenvalue weighted by Gasteiger charge is 2.17. The summed E-state index contributed by atoms with van der Waals surface area (Å²) in [6, 6.07) is 5.14. The van der Waals surface area contributed by atoms with Crippen LogP contribution in [0.3, 0.4) is 0 Å². The van der Waals surface area contributed by atoms with Crippen molar-refractivity contribution in [1.82, 2.24) is 21.3 Å². The molecule has 4 N–H and O–H groups in total. The Balaban J connectivity index is 2.54. The highest BCUT2D eigenvalue weighted by atomic mass is 32.2. The van der Waals surface area contributed by atoms with E-state index in [1.54, 1.807) is 18.2 Å². The van der Waals surface area contributed by atoms with Gasteiger partial charge in [-0.1, -0.05) is 26.0 Å². The van der Waals surface area contributed by atoms with E-state index in [0.29, 0.717) is 24.4 Å². The van der Waals surface area contributed by atoms with Crippen LogP contribution in [0.15, 0.2) is 29.2 Å². The molecule has 0 aliphatic rings. The molecule has 6 amide bonds. The number of imide groups is 2. The minimum Gasteiger partial charge on any atom is -0.452 e. The monoisotopic (exact) mass is 438 g/mol. The molecule has 0 bridgehead atoms. The summed E-state index contributed by atoms with van der Waals surface area (Å²) >= 11 is 1.05. The van der Waals surface area contributed by atoms with Gasteiger partial charge < -0.3 is 15.4 Å². The molecular weight excluding hydrogens is 412 g/mol. The fraction of sp³-hybridized carbons (Fsp3) is 0.421. The molecular formula is C19H26N4O6S. The van der Waals surface area contributed by atoms with Gasteiger partial charge in [-0.2, -0.15) is 0 Å². The molecule has 30 heavy (non-hydrogen) atoms. The molecule has 1 rings (SSSR count). The van der Waals surface area contributed by atoms with Crippen molar-refractivity contribution in [3.05, 3.63) is 29.8 Å². The second-order valence-corrected chi connectivity index (χ2v) is 6.99. The number of ether oxygens (including phenoxy) is 1. The lowest BCUT2D eigenvalue weighted by atomic mass is 10.2. The number of rotatable bonds is 10. The van der Waals surface area contributed by atoms with Crippen LogP contribution in [0.1, 0.15) is 37.0 Å². The van der Waals surface area contributed by atoms with Crippen molar-refractivity contribution in [2.24, 2.45) is 0 Å². The van der Waals surface area contributed by atoms with Crippen LogP contribution in [-0.4, -0.2) is 55.3 Å². The summed E-state index contributed by atoms with van der Waals surface area (Å²) in [6.07, 6.45) is 1.46. The minimum absolute atomic E-state index is 0.0953. The Morgan fingerprint density at radius 1 is 0.867 bits per heavy atom. The maximum atomic E-state index is 12.3. The van der Waals surface area contributed by atoms with E-state index >= 15 is 0 Å². The molecule has 164 valence electrons. The molecule has 0 spiro atoms. The van der Waals surface area contributed by atoms with Crippen molar-refractivity contribution >= 4 is 41.6 Å². The van der Waals surface area contributed by atoms with Crippen molar-refractivity contribution in [2.75, 3.05) is 25.4 Å². The molecule has 1 aromatic carbocycles. The van der Waals surface area contributed by atoms with Gasteiger partial charge in [-0.05, 0) is 25.0 Å². The SMILES string of the molecule is CCCNC(=O)NC(=O)COC(=O)c1ccccc1SCC(=O)NC(=O)NCCC. The van der Waals surface area contributed by atoms with Gasteiger partial charge in [-0.15, -0.1) is 11.8 Å². The first-order valence-electron chi connectivity index (χ1n) is 9.41. The van der Waals surface area contributed by atoms with Crippen LogP contribution in [-0.2, 0) is 14.3 Å². The smallest absolute Gasteiger partial charge is 0.339 e. The summed E-state index contributed by atoms with van der Waals surface area (Å²) < 4.78 is 4.94. The maximum absolute atomic E-state index is 12.3. The second kappa shape index (κ2) is 14.0. The number of amides is 6. The van der Waals surface area contributed by atoms with Crippen LogP contribution < -0.4 is 21.3 Å². The van der Waals surface area contributed by atoms with E-state index in [1.807, 2.05) is 19.2 Å². The molecule has 0 aromatic heterocycles. The third kappa shape index (κ3) is 9.92. The molecule has 10 nitrogen and oxygen atoms in total. The van der Waals surface area contributed by atoms with Crippen molar-refractivity contribution in [3.8, 4) is 0 Å². The minimum atomic E-state index is -0.775. The first-order chi connectivity index (χ1) is 14.4. The number of carbonyl (C=O) groups is 5. The Morgan fingerprint density at radius 3 is 2.03 bits per heavy atom. The average molecular weight is 439 g/mol. The van der Waals surface area contributed by atoms with Gasteiger partial charge in [0.1, 0.15) is 0 Å². The Labute approximate surface area is 178 Å². The van der Waals surface area contributed by atoms with E-state index in [1.165, 1.54) is 6.07 Å². The van der Waals surface area contributed by atoms with Crippen LogP contribution in [0.4, 0.5) is 9.59 Å². The largest absolute Gasteiger partial charge is 0.452 e. The molecule has 0 fully saturated rings. The van der Waals surface area contributed by atoms with Crippen molar-refractivity contribution in [3.63, 3.8) is 0 Å². The summed E-state index contributed by atoms with van der Waals surface area (Å²) in [5.41, 5.74) is 0.161. The Hall–Kier alpha value is -3.08. The van der Waals surface area contributed by atoms with Gasteiger partial charge in [-0.3, -0.25) is 20.2 Å². The number of esters is 1. The zero-order valence-electron chi connectivity index (χ0n) is 16.9. The number of benzene rings is 1. The second-order valence-electron chi connectivity index (χ2n) is 5.97. The topological polar surface area (TPSA) is 143 Å². The van der Waals surface area contributed by atoms with E-state index in [9.17, 15) is 24.0 Å². The van der Waals surface area contributed by atoms with Gasteiger partial charge in [0.25, 0.3) is 5.91 Å². The predicted octanol–water partition coefficient (Wildman–Crippen LogP) is 1.41. The van der Waals surface area contributed by atoms with E-state index in [-0.39, 0.29) is 11.3 Å². The van der Waals surface area contributed by atoms with Crippen LogP contribution in [0.5, 0.6) is 0 Å². The number of nitrogens with one attached hydrogen (secondary N) is 4. The fourth-order valence-corrected chi connectivity index (χ4v) is 2.84. The third-order valence-corrected chi connectivity index (χ3v) is 4.45. The summed E-state index contributed by atoms with van der Waals surface area (Å²) in [7, 11) is 0. The molecule has 0 saturated carbocycles. The fourth-order valence-electron chi connectivity index (χ4n) is 2.00. The lowest BCUT2D eigenvalue weighted by molar-refractivity contribution is -0.123. The first kappa shape index (κ1) is 25.0. The third-order valence-electron chi connectivity index (χ3n) is 3.38. The zero-order chi connectivity index (χ0) is 22.4. The van der Waals surface area contributed by atoms with Crippen LogP contribution >= 0.6 is 11.8 Å². The molecule has 1 aromatic rings. The predicted molar refractivity (Wildman–Crippen MR) is 111 cm³/mol. The molecule has 0 aliphatic carbocycles. The highest BCUT2D eigenvalue weighted by Crippen LogP contribution is 2.23. The molecule has 0 aliphatic heterocycles. The number of hydrogen-bond acceptors (Lipinski definition) is 7. The van der Waals surface area contributed by atoms with Crippen LogP contribution in [0.2, 0.25) is 0 Å². The summed E-state index contributed by atoms with van der Waals surface area (Å²) in [5, 5.41) is 9.22. The van der Waals surface area contributed by atoms with Crippen molar-refractivity contribution < 1.29 is 28.7 Å². The Morgan fingerprint density at radius 2 is 1.43 bits per heavy atom. The number of thioether (sulfide) groups is 1. The van der Waals surface area contributed by atoms with Crippen molar-refractivity contribution in [1.29, 1.82) is 0 Å². The van der Waals surface area contributed by atoms with Gasteiger partial charge >= 0.3 is 18.0 Å². The van der Waals surface area contributed by atoms with E-state index in [0.717, 1.165) is 18.2 Å². The van der Waals surface area contributed by atoms with Crippen molar-refractivity contribution in [2.45, 2.75) is 31.6 Å². The molecule has 11 heteroatoms. The normalized spacial score (nSPS) is 9.93. The number of hydrogen-bond donors (Lipinski definition) is 4. The van der Waals surface area contributed by atoms with Gasteiger partial charge in [0.15, 0.2) is 6.61 Å². The highest BCUT2D eigenvalue weighted by molar-refractivity contribution is 8.00. The van der Waals surface area contributed by atoms with Gasteiger partial charge in [0.05, 0.1) is 11.3 Å². The molecule has 0 atom stereocenters. The van der Waals surface area contributed by atoms with Gasteiger partial charge in [0.2, 0.25) is 5.91 Å². The average Bonchev–Trinajstić information content (AvgIpc) is 2.73. The number of urea groups is 2. The first-order valence-corrected chi connectivity index (χ1v) is 10.4. The standard InChI is InChI=1S/C19H26N4O6S/c1-3-9-20-18(27)22-15(24)11-29-17(26)13-7-5-6-8-14(13)30-12-16(25)23-19(28)21-10-4-2/h5-8H,3-4,9-12H2,1-2H3,(H2,20,22,24,27)(H2,21,23,25,28). The summed E-state index contributed by atoms with van der Waals surface area (Å²) in [5.74, 6) is -2.15. The van der Waals surface area contributed by atoms with E-state index in [2.05, 4.69) is 16.0 Å². The Kier molecular flexibility index (Phi) is 11.6. The van der Waals surface area contributed by atoms with E-state index < -0.39 is 36.5 Å². The molecule has 0 unspecified atom stereocenters. The molecule has 0 radical (unpaired) electrons. The van der Waals surface area contributed by atoms with Gasteiger partial charge in [0, 0.05) is 18.0 Å². The van der Waals surface area contributed by atoms with Crippen LogP contribution in [0, 0.1) is 0 Å². The Bertz CT molecular complexity index is 771. The van der Waals surface area contributed by atoms with Gasteiger partial charge in [-0.25, -0.2) is 14.4 Å². The maximum Gasteiger partial charge on any atom is 0.339 e. The number of carbonyl (C=O) groups excluding carboxylic acids is 5. The summed E-state index contributed by atoms with van der Waals surface area (Å²) in [6.45, 7) is 3.99. The molecule has 0 saturated heterocycles. The lowest BCUT2D eigenvalue weighted by Crippen LogP contribution is -2.41. The summed E-state index contributed by atoms with van der Waals surface area (Å²) in [4.78, 5) is 59.2. The van der Waals surface area contributed by atoms with Crippen LogP contribution in [0.25, 0.3) is 0 Å². The lowest BCUT2D eigenvalue weighted by Gasteiger charge is -2.10. The zero-order valence-corrected chi connectivity index (χ0v) is 17.7. The quantitative estimate of drug-likeness (QED) is 0.319.